The molecule has 0 bridgehead atoms. The summed E-state index contributed by atoms with van der Waals surface area (Å²) in [6.07, 6.45) is 1.24. The van der Waals surface area contributed by atoms with Crippen LogP contribution in [0.25, 0.3) is 0 Å². The quantitative estimate of drug-likeness (QED) is 0.684. The van der Waals surface area contributed by atoms with E-state index in [0.29, 0.717) is 16.8 Å². The van der Waals surface area contributed by atoms with Gasteiger partial charge in [0.25, 0.3) is 0 Å². The van der Waals surface area contributed by atoms with Gasteiger partial charge in [0.1, 0.15) is 0 Å². The third-order valence-electron chi connectivity index (χ3n) is 5.98. The normalized spacial score (nSPS) is 16.5. The molecule has 2 N–H and O–H groups in total. The minimum absolute atomic E-state index is 0.247. The first-order valence-corrected chi connectivity index (χ1v) is 11.9. The van der Waals surface area contributed by atoms with Crippen LogP contribution >= 0.6 is 0 Å². The molecule has 8 heteroatoms. The minimum Gasteiger partial charge on any atom is -0.380 e. The number of nitrogens with one attached hydrogen (secondary N) is 2. The van der Waals surface area contributed by atoms with Crippen molar-refractivity contribution in [2.75, 3.05) is 37.0 Å². The molecule has 2 aromatic rings. The van der Waals surface area contributed by atoms with Gasteiger partial charge in [-0.2, -0.15) is 0 Å². The average molecular weight is 446 g/mol. The third-order valence-corrected chi connectivity index (χ3v) is 7.66. The van der Waals surface area contributed by atoms with Gasteiger partial charge in [-0.1, -0.05) is 6.07 Å². The van der Waals surface area contributed by atoms with Crippen molar-refractivity contribution in [3.05, 3.63) is 52.6 Å². The van der Waals surface area contributed by atoms with Gasteiger partial charge in [-0.25, -0.2) is 13.1 Å². The Hall–Kier alpha value is -2.42. The van der Waals surface area contributed by atoms with Crippen molar-refractivity contribution in [3.8, 4) is 0 Å². The van der Waals surface area contributed by atoms with Crippen molar-refractivity contribution in [1.82, 2.24) is 4.72 Å². The number of aryl methyl sites for hydroxylation is 2. The maximum atomic E-state index is 12.9. The number of anilines is 2. The lowest BCUT2D eigenvalue weighted by molar-refractivity contribution is -0.115. The largest absolute Gasteiger partial charge is 0.380 e. The first kappa shape index (κ1) is 23.2. The molecule has 1 amide bonds. The molecule has 0 spiro atoms. The first-order valence-electron chi connectivity index (χ1n) is 10.4. The molecule has 1 fully saturated rings. The SMILES string of the molecule is COC1CCN(c2ccc(NC(=O)CNS(=O)(=O)c3c(C)c(C)cc(C)c3C)cc2)C1. The molecule has 168 valence electrons. The molecule has 1 saturated heterocycles. The highest BCUT2D eigenvalue weighted by Gasteiger charge is 2.23. The molecule has 1 atom stereocenters. The number of amides is 1. The summed E-state index contributed by atoms with van der Waals surface area (Å²) in [6.45, 7) is 8.78. The zero-order valence-electron chi connectivity index (χ0n) is 18.8. The van der Waals surface area contributed by atoms with E-state index in [0.717, 1.165) is 36.3 Å². The minimum atomic E-state index is -3.81. The molecule has 1 heterocycles. The van der Waals surface area contributed by atoms with E-state index in [-0.39, 0.29) is 17.5 Å². The number of hydrogen-bond acceptors (Lipinski definition) is 5. The van der Waals surface area contributed by atoms with Gasteiger partial charge in [0.05, 0.1) is 17.5 Å². The summed E-state index contributed by atoms with van der Waals surface area (Å²) in [4.78, 5) is 14.8. The van der Waals surface area contributed by atoms with Crippen LogP contribution in [0.15, 0.2) is 35.2 Å². The lowest BCUT2D eigenvalue weighted by Gasteiger charge is -2.19. The number of methoxy groups -OCH3 is 1. The van der Waals surface area contributed by atoms with E-state index in [1.165, 1.54) is 0 Å². The van der Waals surface area contributed by atoms with Crippen molar-refractivity contribution in [3.63, 3.8) is 0 Å². The number of nitrogens with zero attached hydrogens (tertiary/aromatic N) is 1. The second-order valence-corrected chi connectivity index (χ2v) is 9.81. The average Bonchev–Trinajstić information content (AvgIpc) is 3.21. The van der Waals surface area contributed by atoms with E-state index in [9.17, 15) is 13.2 Å². The van der Waals surface area contributed by atoms with Crippen LogP contribution in [0.3, 0.4) is 0 Å². The molecule has 0 saturated carbocycles. The van der Waals surface area contributed by atoms with Gasteiger partial charge in [0, 0.05) is 31.6 Å². The summed E-state index contributed by atoms with van der Waals surface area (Å²) >= 11 is 0. The fourth-order valence-electron chi connectivity index (χ4n) is 3.93. The number of carbonyl (C=O) groups is 1. The number of carbonyl (C=O) groups excluding carboxylic acids is 1. The zero-order valence-corrected chi connectivity index (χ0v) is 19.6. The van der Waals surface area contributed by atoms with Crippen LogP contribution in [0.4, 0.5) is 11.4 Å². The lowest BCUT2D eigenvalue weighted by atomic mass is 10.0. The molecule has 1 aliphatic heterocycles. The van der Waals surface area contributed by atoms with Gasteiger partial charge in [0.15, 0.2) is 0 Å². The van der Waals surface area contributed by atoms with Crippen LogP contribution in [0, 0.1) is 27.7 Å². The summed E-state index contributed by atoms with van der Waals surface area (Å²) in [7, 11) is -2.08. The zero-order chi connectivity index (χ0) is 22.8. The molecular formula is C23H31N3O4S. The number of sulfonamides is 1. The number of ether oxygens (including phenoxy) is 1. The van der Waals surface area contributed by atoms with Crippen LogP contribution in [-0.2, 0) is 19.6 Å². The monoisotopic (exact) mass is 445 g/mol. The highest BCUT2D eigenvalue weighted by atomic mass is 32.2. The molecule has 3 rings (SSSR count). The number of benzene rings is 2. The Balaban J connectivity index is 1.62. The topological polar surface area (TPSA) is 87.7 Å². The predicted octanol–water partition coefficient (Wildman–Crippen LogP) is 3.06. The molecular weight excluding hydrogens is 414 g/mol. The summed E-state index contributed by atoms with van der Waals surface area (Å²) in [6, 6.07) is 9.50. The van der Waals surface area contributed by atoms with Gasteiger partial charge in [0.2, 0.25) is 15.9 Å². The van der Waals surface area contributed by atoms with Crippen molar-refractivity contribution in [2.24, 2.45) is 0 Å². The Labute approximate surface area is 184 Å². The second-order valence-electron chi connectivity index (χ2n) is 8.10. The highest BCUT2D eigenvalue weighted by Crippen LogP contribution is 2.26. The Morgan fingerprint density at radius 2 is 1.71 bits per heavy atom. The summed E-state index contributed by atoms with van der Waals surface area (Å²) < 4.78 is 33.6. The molecule has 0 aromatic heterocycles. The summed E-state index contributed by atoms with van der Waals surface area (Å²) in [5.41, 5.74) is 4.90. The number of hydrogen-bond donors (Lipinski definition) is 2. The van der Waals surface area contributed by atoms with Gasteiger partial charge in [-0.05, 0) is 80.6 Å². The second kappa shape index (κ2) is 9.38. The maximum absolute atomic E-state index is 12.9. The smallest absolute Gasteiger partial charge is 0.241 e. The highest BCUT2D eigenvalue weighted by molar-refractivity contribution is 7.89. The fraction of sp³-hybridized carbons (Fsp3) is 0.435. The molecule has 1 unspecified atom stereocenters. The van der Waals surface area contributed by atoms with Crippen molar-refractivity contribution in [1.29, 1.82) is 0 Å². The van der Waals surface area contributed by atoms with Gasteiger partial charge in [-0.15, -0.1) is 0 Å². The maximum Gasteiger partial charge on any atom is 0.241 e. The van der Waals surface area contributed by atoms with Gasteiger partial charge in [-0.3, -0.25) is 4.79 Å². The Kier molecular flexibility index (Phi) is 7.03. The molecule has 0 aliphatic carbocycles. The van der Waals surface area contributed by atoms with Crippen LogP contribution in [-0.4, -0.2) is 47.2 Å². The fourth-order valence-corrected chi connectivity index (χ4v) is 5.53. The summed E-state index contributed by atoms with van der Waals surface area (Å²) in [5, 5.41) is 2.75. The Morgan fingerprint density at radius 1 is 1.10 bits per heavy atom. The summed E-state index contributed by atoms with van der Waals surface area (Å²) in [5.74, 6) is -0.420. The molecule has 7 nitrogen and oxygen atoms in total. The van der Waals surface area contributed by atoms with Gasteiger partial charge < -0.3 is 15.0 Å². The van der Waals surface area contributed by atoms with Crippen LogP contribution in [0.2, 0.25) is 0 Å². The Morgan fingerprint density at radius 3 is 2.26 bits per heavy atom. The van der Waals surface area contributed by atoms with E-state index < -0.39 is 15.9 Å². The molecule has 2 aromatic carbocycles. The lowest BCUT2D eigenvalue weighted by Crippen LogP contribution is -2.33. The Bertz CT molecular complexity index is 1040. The van der Waals surface area contributed by atoms with Crippen LogP contribution < -0.4 is 14.9 Å². The van der Waals surface area contributed by atoms with Crippen LogP contribution in [0.1, 0.15) is 28.7 Å². The molecule has 0 radical (unpaired) electrons. The molecule has 1 aliphatic rings. The number of rotatable bonds is 7. The van der Waals surface area contributed by atoms with Crippen molar-refractivity contribution in [2.45, 2.75) is 45.1 Å². The van der Waals surface area contributed by atoms with Gasteiger partial charge >= 0.3 is 0 Å². The predicted molar refractivity (Wildman–Crippen MR) is 123 cm³/mol. The van der Waals surface area contributed by atoms with Crippen molar-refractivity contribution < 1.29 is 17.9 Å². The van der Waals surface area contributed by atoms with E-state index >= 15 is 0 Å². The van der Waals surface area contributed by atoms with E-state index in [1.807, 2.05) is 44.2 Å². The van der Waals surface area contributed by atoms with Crippen molar-refractivity contribution >= 4 is 27.3 Å². The first-order chi connectivity index (χ1) is 14.6. The van der Waals surface area contributed by atoms with E-state index in [1.54, 1.807) is 21.0 Å². The standard InChI is InChI=1S/C23H31N3O4S/c1-15-12-16(2)18(4)23(17(15)3)31(28,29)24-13-22(27)25-19-6-8-20(9-7-19)26-11-10-21(14-26)30-5/h6-9,12,21,24H,10-11,13-14H2,1-5H3,(H,25,27). The van der Waals surface area contributed by atoms with E-state index in [2.05, 4.69) is 14.9 Å². The van der Waals surface area contributed by atoms with Crippen LogP contribution in [0.5, 0.6) is 0 Å². The molecule has 31 heavy (non-hydrogen) atoms. The third kappa shape index (κ3) is 5.26. The van der Waals surface area contributed by atoms with E-state index in [4.69, 9.17) is 4.74 Å².